The van der Waals surface area contributed by atoms with Crippen LogP contribution in [0.3, 0.4) is 0 Å². The Morgan fingerprint density at radius 1 is 0.969 bits per heavy atom. The molecule has 0 spiro atoms. The zero-order valence-corrected chi connectivity index (χ0v) is 19.1. The highest BCUT2D eigenvalue weighted by Crippen LogP contribution is 2.30. The molecule has 1 amide bonds. The summed E-state index contributed by atoms with van der Waals surface area (Å²) >= 11 is 1.43. The molecule has 0 atom stereocenters. The molecule has 5 rings (SSSR count). The average Bonchev–Trinajstić information content (AvgIpc) is 3.19. The summed E-state index contributed by atoms with van der Waals surface area (Å²) in [7, 11) is 0. The largest absolute Gasteiger partial charge is 0.325 e. The predicted molar refractivity (Wildman–Crippen MR) is 133 cm³/mol. The van der Waals surface area contributed by atoms with Crippen molar-refractivity contribution in [2.45, 2.75) is 31.8 Å². The molecule has 0 aliphatic heterocycles. The summed E-state index contributed by atoms with van der Waals surface area (Å²) in [4.78, 5) is 22.7. The van der Waals surface area contributed by atoms with Crippen molar-refractivity contribution >= 4 is 50.9 Å². The molecule has 5 nitrogen and oxygen atoms in total. The monoisotopic (exact) mass is 440 g/mol. The normalized spacial score (nSPS) is 11.6. The van der Waals surface area contributed by atoms with Crippen LogP contribution in [0.25, 0.3) is 27.6 Å². The van der Waals surface area contributed by atoms with E-state index in [0.717, 1.165) is 49.6 Å². The summed E-state index contributed by atoms with van der Waals surface area (Å²) in [5.74, 6) is 0.550. The van der Waals surface area contributed by atoms with E-state index >= 15 is 0 Å². The number of carbonyl (C=O) groups excluding carboxylic acids is 1. The zero-order chi connectivity index (χ0) is 22.2. The van der Waals surface area contributed by atoms with Gasteiger partial charge in [0.05, 0.1) is 22.3 Å². The number of para-hydroxylation sites is 4. The van der Waals surface area contributed by atoms with Crippen LogP contribution in [0, 0.1) is 6.92 Å². The van der Waals surface area contributed by atoms with Gasteiger partial charge in [0.15, 0.2) is 5.16 Å². The van der Waals surface area contributed by atoms with Crippen LogP contribution in [0.15, 0.2) is 71.9 Å². The Balaban J connectivity index is 1.50. The molecule has 2 aromatic heterocycles. The van der Waals surface area contributed by atoms with Crippen molar-refractivity contribution in [1.82, 2.24) is 14.4 Å². The number of carbonyl (C=O) groups is 1. The fraction of sp³-hybridized carbons (Fsp3) is 0.192. The zero-order valence-electron chi connectivity index (χ0n) is 18.3. The predicted octanol–water partition coefficient (Wildman–Crippen LogP) is 6.20. The van der Waals surface area contributed by atoms with Crippen molar-refractivity contribution in [3.63, 3.8) is 0 Å². The van der Waals surface area contributed by atoms with Gasteiger partial charge >= 0.3 is 0 Å². The number of aromatic nitrogens is 3. The Bertz CT molecular complexity index is 1470. The van der Waals surface area contributed by atoms with Crippen molar-refractivity contribution in [1.29, 1.82) is 0 Å². The SMILES string of the molecule is Cc1cccc(C(C)C)c1NC(=O)CSc1nc2ccccc2c2nc3ccccc3n12. The van der Waals surface area contributed by atoms with Crippen LogP contribution in [0.5, 0.6) is 0 Å². The lowest BCUT2D eigenvalue weighted by Gasteiger charge is -2.16. The standard InChI is InChI=1S/C26H24N4OS/c1-16(2)18-11-8-9-17(3)24(18)29-23(31)15-32-26-28-20-12-5-4-10-19(20)25-27-21-13-6-7-14-22(21)30(25)26/h4-14,16H,15H2,1-3H3,(H,29,31). The van der Waals surface area contributed by atoms with Gasteiger partial charge in [0.2, 0.25) is 5.91 Å². The van der Waals surface area contributed by atoms with Crippen LogP contribution < -0.4 is 5.32 Å². The lowest BCUT2D eigenvalue weighted by atomic mass is 9.98. The topological polar surface area (TPSA) is 59.3 Å². The van der Waals surface area contributed by atoms with Crippen molar-refractivity contribution in [3.8, 4) is 0 Å². The van der Waals surface area contributed by atoms with Crippen molar-refractivity contribution < 1.29 is 4.79 Å². The number of rotatable bonds is 5. The summed E-state index contributed by atoms with van der Waals surface area (Å²) in [5, 5.41) is 4.89. The molecule has 32 heavy (non-hydrogen) atoms. The number of fused-ring (bicyclic) bond motifs is 5. The minimum Gasteiger partial charge on any atom is -0.325 e. The molecule has 0 radical (unpaired) electrons. The van der Waals surface area contributed by atoms with E-state index in [-0.39, 0.29) is 11.7 Å². The van der Waals surface area contributed by atoms with Crippen molar-refractivity contribution in [3.05, 3.63) is 77.9 Å². The molecular formula is C26H24N4OS. The molecule has 0 unspecified atom stereocenters. The number of aryl methyl sites for hydroxylation is 1. The van der Waals surface area contributed by atoms with Crippen molar-refractivity contribution in [2.75, 3.05) is 11.1 Å². The lowest BCUT2D eigenvalue weighted by molar-refractivity contribution is -0.113. The fourth-order valence-electron chi connectivity index (χ4n) is 4.06. The average molecular weight is 441 g/mol. The van der Waals surface area contributed by atoms with Gasteiger partial charge in [-0.05, 0) is 48.2 Å². The third kappa shape index (κ3) is 3.60. The highest BCUT2D eigenvalue weighted by atomic mass is 32.2. The molecule has 0 saturated heterocycles. The van der Waals surface area contributed by atoms with Crippen molar-refractivity contribution in [2.24, 2.45) is 0 Å². The molecule has 3 aromatic carbocycles. The number of anilines is 1. The maximum Gasteiger partial charge on any atom is 0.234 e. The lowest BCUT2D eigenvalue weighted by Crippen LogP contribution is -2.17. The Kier molecular flexibility index (Phi) is 5.31. The molecular weight excluding hydrogens is 416 g/mol. The van der Waals surface area contributed by atoms with E-state index in [2.05, 4.69) is 29.6 Å². The summed E-state index contributed by atoms with van der Waals surface area (Å²) in [6.45, 7) is 6.30. The smallest absolute Gasteiger partial charge is 0.234 e. The maximum atomic E-state index is 12.9. The number of benzene rings is 3. The first-order valence-corrected chi connectivity index (χ1v) is 11.7. The summed E-state index contributed by atoms with van der Waals surface area (Å²) < 4.78 is 2.06. The van der Waals surface area contributed by atoms with Gasteiger partial charge in [0, 0.05) is 11.1 Å². The van der Waals surface area contributed by atoms with Crippen LogP contribution in [-0.2, 0) is 4.79 Å². The first-order chi connectivity index (χ1) is 15.5. The van der Waals surface area contributed by atoms with Crippen LogP contribution in [0.1, 0.15) is 30.9 Å². The Labute approximate surface area is 190 Å². The number of amides is 1. The summed E-state index contributed by atoms with van der Waals surface area (Å²) in [5.41, 5.74) is 6.78. The molecule has 0 saturated carbocycles. The third-order valence-corrected chi connectivity index (χ3v) is 6.58. The number of hydrogen-bond donors (Lipinski definition) is 1. The summed E-state index contributed by atoms with van der Waals surface area (Å²) in [6.07, 6.45) is 0. The number of imidazole rings is 1. The second-order valence-electron chi connectivity index (χ2n) is 8.20. The molecule has 0 aliphatic rings. The molecule has 160 valence electrons. The van der Waals surface area contributed by atoms with Crippen LogP contribution in [0.2, 0.25) is 0 Å². The molecule has 6 heteroatoms. The van der Waals surface area contributed by atoms with Gasteiger partial charge in [-0.3, -0.25) is 9.20 Å². The minimum absolute atomic E-state index is 0.0428. The molecule has 2 heterocycles. The van der Waals surface area contributed by atoms with Crippen LogP contribution in [0.4, 0.5) is 5.69 Å². The number of thioether (sulfide) groups is 1. The quantitative estimate of drug-likeness (QED) is 0.261. The van der Waals surface area contributed by atoms with E-state index in [4.69, 9.17) is 9.97 Å². The van der Waals surface area contributed by atoms with E-state index in [1.165, 1.54) is 11.8 Å². The van der Waals surface area contributed by atoms with E-state index in [9.17, 15) is 4.79 Å². The first-order valence-electron chi connectivity index (χ1n) is 10.7. The van der Waals surface area contributed by atoms with Gasteiger partial charge in [-0.25, -0.2) is 9.97 Å². The van der Waals surface area contributed by atoms with E-state index < -0.39 is 0 Å². The number of nitrogens with zero attached hydrogens (tertiary/aromatic N) is 3. The van der Waals surface area contributed by atoms with E-state index in [0.29, 0.717) is 5.92 Å². The summed E-state index contributed by atoms with van der Waals surface area (Å²) in [6, 6.07) is 22.2. The van der Waals surface area contributed by atoms with Crippen LogP contribution in [-0.4, -0.2) is 26.0 Å². The van der Waals surface area contributed by atoms with Gasteiger partial charge in [-0.15, -0.1) is 0 Å². The Hall–Kier alpha value is -3.38. The van der Waals surface area contributed by atoms with E-state index in [1.807, 2.05) is 67.6 Å². The maximum absolute atomic E-state index is 12.9. The van der Waals surface area contributed by atoms with Gasteiger partial charge in [-0.1, -0.05) is 68.1 Å². The Morgan fingerprint density at radius 3 is 2.53 bits per heavy atom. The van der Waals surface area contributed by atoms with Gasteiger partial charge in [0.1, 0.15) is 5.65 Å². The first kappa shape index (κ1) is 20.5. The van der Waals surface area contributed by atoms with E-state index in [1.54, 1.807) is 0 Å². The fourth-order valence-corrected chi connectivity index (χ4v) is 4.87. The van der Waals surface area contributed by atoms with Gasteiger partial charge in [0.25, 0.3) is 0 Å². The molecule has 0 aliphatic carbocycles. The van der Waals surface area contributed by atoms with Gasteiger partial charge < -0.3 is 5.32 Å². The van der Waals surface area contributed by atoms with Gasteiger partial charge in [-0.2, -0.15) is 0 Å². The second kappa shape index (κ2) is 8.28. The number of hydrogen-bond acceptors (Lipinski definition) is 4. The highest BCUT2D eigenvalue weighted by Gasteiger charge is 2.16. The second-order valence-corrected chi connectivity index (χ2v) is 9.14. The third-order valence-electron chi connectivity index (χ3n) is 5.64. The minimum atomic E-state index is -0.0428. The Morgan fingerprint density at radius 2 is 1.72 bits per heavy atom. The molecule has 5 aromatic rings. The number of nitrogens with one attached hydrogen (secondary N) is 1. The highest BCUT2D eigenvalue weighted by molar-refractivity contribution is 7.99. The molecule has 1 N–H and O–H groups in total. The molecule has 0 fully saturated rings. The molecule has 0 bridgehead atoms. The van der Waals surface area contributed by atoms with Crippen LogP contribution >= 0.6 is 11.8 Å².